The number of fused-ring (bicyclic) bond motifs is 2. The van der Waals surface area contributed by atoms with Gasteiger partial charge >= 0.3 is 12.0 Å². The average Bonchev–Trinajstić information content (AvgIpc) is 3.92. The van der Waals surface area contributed by atoms with Crippen LogP contribution >= 0.6 is 11.8 Å². The van der Waals surface area contributed by atoms with Gasteiger partial charge in [-0.3, -0.25) is 14.6 Å². The van der Waals surface area contributed by atoms with E-state index >= 15 is 0 Å². The molecule has 2 unspecified atom stereocenters. The van der Waals surface area contributed by atoms with Crippen molar-refractivity contribution < 1.29 is 34.4 Å². The fraction of sp³-hybridized carbons (Fsp3) is 0.711. The Hall–Kier alpha value is -3.64. The lowest BCUT2D eigenvalue weighted by Crippen LogP contribution is -2.38. The Balaban J connectivity index is 0.875. The van der Waals surface area contributed by atoms with E-state index in [1.807, 2.05) is 42.2 Å². The van der Waals surface area contributed by atoms with Crippen molar-refractivity contribution in [1.82, 2.24) is 35.4 Å². The van der Waals surface area contributed by atoms with Crippen molar-refractivity contribution >= 4 is 58.9 Å². The van der Waals surface area contributed by atoms with Crippen LogP contribution in [0.1, 0.15) is 96.1 Å². The number of urea groups is 1. The number of aliphatic imine (C=N–C) groups is 2. The van der Waals surface area contributed by atoms with Gasteiger partial charge < -0.3 is 45.5 Å². The number of aliphatic hydroxyl groups is 2. The van der Waals surface area contributed by atoms with Gasteiger partial charge in [0.2, 0.25) is 5.91 Å². The van der Waals surface area contributed by atoms with E-state index in [2.05, 4.69) is 35.9 Å². The summed E-state index contributed by atoms with van der Waals surface area (Å²) in [5, 5.41) is 40.6. The summed E-state index contributed by atoms with van der Waals surface area (Å²) in [6, 6.07) is 2.27. The van der Waals surface area contributed by atoms with Crippen molar-refractivity contribution in [2.45, 2.75) is 132 Å². The largest absolute Gasteiger partial charge is 0.481 e. The molecule has 0 aromatic carbocycles. The quantitative estimate of drug-likeness (QED) is 0.0486. The summed E-state index contributed by atoms with van der Waals surface area (Å²) in [6.07, 6.45) is 15.3. The Bertz CT molecular complexity index is 1590. The number of aliphatic hydroxyl groups excluding tert-OH is 2. The fourth-order valence-electron chi connectivity index (χ4n) is 7.35. The van der Waals surface area contributed by atoms with Crippen LogP contribution in [0.3, 0.4) is 0 Å². The summed E-state index contributed by atoms with van der Waals surface area (Å²) in [5.41, 5.74) is 0.551. The molecule has 5 rings (SSSR count). The van der Waals surface area contributed by atoms with Crippen molar-refractivity contribution in [1.29, 1.82) is 0 Å². The second-order valence-corrected chi connectivity index (χ2v) is 16.1. The number of carbonyl (C=O) groups excluding carboxylic acids is 2. The van der Waals surface area contributed by atoms with Crippen LogP contribution in [-0.4, -0.2) is 140 Å². The molecule has 6 N–H and O–H groups in total. The standard InChI is InChI=1S/C38H59N9O7S/c1-46(21-12-15-31(49)50)23-28-33(51)34(52)37(54-28)47-22-16-26-35(42-25-43-36(26)47)41-20-10-4-2-3-8-17-39-18-9-5-11-19-40-30(48)14-7-6-13-29-32-27(24-55-29)44-38(53)45-32/h16-17,20,22,25,27-29,32-34,37,51-52H,2-15,18-19,21,23-24H2,1H3,(H,40,48)(H,49,50)(H2,44,45,53)/t27-,28+,29?,32-,33+,34+,37?/m0/s1. The van der Waals surface area contributed by atoms with Gasteiger partial charge in [-0.1, -0.05) is 12.8 Å². The van der Waals surface area contributed by atoms with Crippen molar-refractivity contribution in [3.8, 4) is 0 Å². The third kappa shape index (κ3) is 13.0. The number of ether oxygens (including phenoxy) is 1. The van der Waals surface area contributed by atoms with E-state index in [4.69, 9.17) is 9.84 Å². The van der Waals surface area contributed by atoms with Gasteiger partial charge in [0.15, 0.2) is 12.0 Å². The number of aliphatic carboxylic acids is 1. The van der Waals surface area contributed by atoms with Crippen LogP contribution in [0.15, 0.2) is 28.6 Å². The van der Waals surface area contributed by atoms with E-state index in [0.29, 0.717) is 49.2 Å². The maximum atomic E-state index is 12.2. The van der Waals surface area contributed by atoms with Gasteiger partial charge in [-0.15, -0.1) is 0 Å². The molecule has 5 heterocycles. The zero-order chi connectivity index (χ0) is 39.0. The second kappa shape index (κ2) is 22.2. The number of rotatable bonds is 25. The summed E-state index contributed by atoms with van der Waals surface area (Å²) in [5.74, 6) is 0.778. The first-order chi connectivity index (χ1) is 26.7. The van der Waals surface area contributed by atoms with Gasteiger partial charge in [0.05, 0.1) is 17.5 Å². The number of hydrogen-bond donors (Lipinski definition) is 6. The lowest BCUT2D eigenvalue weighted by Gasteiger charge is -2.22. The molecule has 0 bridgehead atoms. The molecule has 16 nitrogen and oxygen atoms in total. The Labute approximate surface area is 327 Å². The summed E-state index contributed by atoms with van der Waals surface area (Å²) in [6.45, 7) is 2.41. The van der Waals surface area contributed by atoms with E-state index in [1.54, 1.807) is 10.8 Å². The summed E-state index contributed by atoms with van der Waals surface area (Å²) < 4.78 is 7.78. The molecule has 55 heavy (non-hydrogen) atoms. The maximum absolute atomic E-state index is 12.2. The maximum Gasteiger partial charge on any atom is 0.315 e. The summed E-state index contributed by atoms with van der Waals surface area (Å²) in [7, 11) is 1.83. The number of likely N-dealkylation sites (N-methyl/N-ethyl adjacent to an activating group) is 1. The van der Waals surface area contributed by atoms with E-state index in [-0.39, 0.29) is 30.4 Å². The highest BCUT2D eigenvalue weighted by Gasteiger charge is 2.45. The number of nitrogens with one attached hydrogen (secondary N) is 3. The Morgan fingerprint density at radius 1 is 1.04 bits per heavy atom. The minimum atomic E-state index is -1.16. The Morgan fingerprint density at radius 3 is 2.69 bits per heavy atom. The lowest BCUT2D eigenvalue weighted by atomic mass is 10.0. The third-order valence-corrected chi connectivity index (χ3v) is 11.9. The van der Waals surface area contributed by atoms with E-state index in [0.717, 1.165) is 88.3 Å². The predicted octanol–water partition coefficient (Wildman–Crippen LogP) is 3.58. The summed E-state index contributed by atoms with van der Waals surface area (Å²) in [4.78, 5) is 54.3. The highest BCUT2D eigenvalue weighted by Crippen LogP contribution is 2.35. The van der Waals surface area contributed by atoms with Gasteiger partial charge in [0, 0.05) is 55.9 Å². The molecule has 0 aliphatic carbocycles. The Kier molecular flexibility index (Phi) is 17.1. The van der Waals surface area contributed by atoms with Gasteiger partial charge in [0.1, 0.15) is 30.3 Å². The van der Waals surface area contributed by atoms with Gasteiger partial charge in [-0.25, -0.2) is 19.8 Å². The van der Waals surface area contributed by atoms with Crippen molar-refractivity contribution in [3.05, 3.63) is 18.6 Å². The molecule has 3 aliphatic heterocycles. The molecule has 17 heteroatoms. The average molecular weight is 786 g/mol. The minimum absolute atomic E-state index is 0.0526. The molecule has 3 aliphatic rings. The first-order valence-electron chi connectivity index (χ1n) is 19.9. The number of thioether (sulfide) groups is 1. The van der Waals surface area contributed by atoms with Gasteiger partial charge in [-0.05, 0) is 90.1 Å². The number of carbonyl (C=O) groups is 3. The summed E-state index contributed by atoms with van der Waals surface area (Å²) >= 11 is 1.92. The smallest absolute Gasteiger partial charge is 0.315 e. The number of carboxylic acids is 1. The SMILES string of the molecule is CN(CCCC(=O)O)C[C@H]1OC(n2ccc3c(N=CCCCCCC=NCCCCCNC(=O)CCCCC4SC[C@@H]5NC(=O)N[C@H]45)ncnc32)[C@H](O)[C@@H]1O. The predicted molar refractivity (Wildman–Crippen MR) is 213 cm³/mol. The highest BCUT2D eigenvalue weighted by molar-refractivity contribution is 8.00. The molecule has 0 saturated carbocycles. The molecule has 304 valence electrons. The van der Waals surface area contributed by atoms with Crippen LogP contribution in [0.2, 0.25) is 0 Å². The number of carboxylic acid groups (broad SMARTS) is 1. The minimum Gasteiger partial charge on any atom is -0.481 e. The van der Waals surface area contributed by atoms with Crippen molar-refractivity contribution in [2.75, 3.05) is 39.0 Å². The monoisotopic (exact) mass is 785 g/mol. The molecule has 3 saturated heterocycles. The van der Waals surface area contributed by atoms with E-state index < -0.39 is 30.5 Å². The van der Waals surface area contributed by atoms with Crippen LogP contribution in [0, 0.1) is 0 Å². The molecule has 3 fully saturated rings. The topological polar surface area (TPSA) is 216 Å². The third-order valence-electron chi connectivity index (χ3n) is 10.4. The first-order valence-corrected chi connectivity index (χ1v) is 21.0. The first kappa shape index (κ1) is 42.5. The number of aromatic nitrogens is 3. The number of amides is 3. The van der Waals surface area contributed by atoms with Crippen LogP contribution in [0.4, 0.5) is 10.6 Å². The van der Waals surface area contributed by atoms with Gasteiger partial charge in [-0.2, -0.15) is 11.8 Å². The number of nitrogens with zero attached hydrogens (tertiary/aromatic N) is 6. The molecule has 3 amide bonds. The molecule has 0 spiro atoms. The van der Waals surface area contributed by atoms with E-state index in [9.17, 15) is 24.6 Å². The van der Waals surface area contributed by atoms with Crippen LogP contribution in [-0.2, 0) is 14.3 Å². The van der Waals surface area contributed by atoms with Crippen LogP contribution < -0.4 is 16.0 Å². The molecular formula is C38H59N9O7S. The second-order valence-electron chi connectivity index (χ2n) is 14.8. The zero-order valence-electron chi connectivity index (χ0n) is 31.9. The Morgan fingerprint density at radius 2 is 1.85 bits per heavy atom. The number of hydrogen-bond acceptors (Lipinski definition) is 12. The number of unbranched alkanes of at least 4 members (excludes halogenated alkanes) is 7. The highest BCUT2D eigenvalue weighted by atomic mass is 32.2. The lowest BCUT2D eigenvalue weighted by molar-refractivity contribution is -0.137. The van der Waals surface area contributed by atoms with Crippen LogP contribution in [0.25, 0.3) is 11.0 Å². The van der Waals surface area contributed by atoms with Gasteiger partial charge in [0.25, 0.3) is 0 Å². The van der Waals surface area contributed by atoms with Crippen molar-refractivity contribution in [3.63, 3.8) is 0 Å². The fourth-order valence-corrected chi connectivity index (χ4v) is 8.89. The molecule has 7 atom stereocenters. The molecule has 2 aromatic heterocycles. The molecular weight excluding hydrogens is 727 g/mol. The van der Waals surface area contributed by atoms with Crippen LogP contribution in [0.5, 0.6) is 0 Å². The normalized spacial score (nSPS) is 25.0. The zero-order valence-corrected chi connectivity index (χ0v) is 32.7. The molecule has 2 aromatic rings. The molecule has 0 radical (unpaired) electrons. The van der Waals surface area contributed by atoms with E-state index in [1.165, 1.54) is 6.33 Å². The van der Waals surface area contributed by atoms with Crippen molar-refractivity contribution in [2.24, 2.45) is 9.98 Å².